The van der Waals surface area contributed by atoms with Crippen molar-refractivity contribution in [3.8, 4) is 17.2 Å². The lowest BCUT2D eigenvalue weighted by molar-refractivity contribution is 0.269. The lowest BCUT2D eigenvalue weighted by Gasteiger charge is -2.31. The minimum Gasteiger partial charge on any atom is -0.299 e. The maximum Gasteiger partial charge on any atom is 0.101 e. The number of anilines is 1. The van der Waals surface area contributed by atoms with E-state index in [2.05, 4.69) is 71.8 Å². The molecule has 1 N–H and O–H groups in total. The summed E-state index contributed by atoms with van der Waals surface area (Å²) in [5.41, 5.74) is 12.4. The van der Waals surface area contributed by atoms with E-state index in [0.29, 0.717) is 5.56 Å². The lowest BCUT2D eigenvalue weighted by atomic mass is 9.87. The summed E-state index contributed by atoms with van der Waals surface area (Å²) < 4.78 is 0. The highest BCUT2D eigenvalue weighted by Gasteiger charge is 2.24. The Morgan fingerprint density at radius 3 is 2.06 bits per heavy atom. The van der Waals surface area contributed by atoms with E-state index in [9.17, 15) is 5.26 Å². The first-order valence-corrected chi connectivity index (χ1v) is 12.1. The van der Waals surface area contributed by atoms with Gasteiger partial charge < -0.3 is 0 Å². The molecule has 0 aliphatic carbocycles. The number of hydrazone groups is 1. The number of nitrogens with one attached hydrogen (secondary N) is 1. The largest absolute Gasteiger partial charge is 0.299 e. The Labute approximate surface area is 207 Å². The van der Waals surface area contributed by atoms with Crippen LogP contribution in [0.5, 0.6) is 0 Å². The van der Waals surface area contributed by atoms with Gasteiger partial charge in [-0.25, -0.2) is 0 Å². The third-order valence-corrected chi connectivity index (χ3v) is 6.64. The first-order chi connectivity index (χ1) is 17.3. The normalized spacial score (nSPS) is 12.9. The first kappa shape index (κ1) is 22.6. The van der Waals surface area contributed by atoms with Crippen LogP contribution in [0.2, 0.25) is 0 Å². The summed E-state index contributed by atoms with van der Waals surface area (Å²) in [4.78, 5) is 2.42. The van der Waals surface area contributed by atoms with Crippen LogP contribution in [-0.2, 0) is 13.0 Å². The van der Waals surface area contributed by atoms with Gasteiger partial charge in [0.2, 0.25) is 0 Å². The standard InChI is InChI=1S/C31H28N4/c1-2-35-19-18-27-28(23-12-6-3-7-13-23)20-26(21-32)31(29(27)22-35)34-33-30(24-14-8-4-9-15-24)25-16-10-5-11-17-25/h3-17,20,34H,2,18-19,22H2,1H3. The van der Waals surface area contributed by atoms with Gasteiger partial charge in [0.25, 0.3) is 0 Å². The molecule has 1 aliphatic rings. The van der Waals surface area contributed by atoms with Gasteiger partial charge in [0.05, 0.1) is 17.0 Å². The number of hydrogen-bond acceptors (Lipinski definition) is 4. The molecule has 0 spiro atoms. The lowest BCUT2D eigenvalue weighted by Crippen LogP contribution is -2.31. The van der Waals surface area contributed by atoms with E-state index < -0.39 is 0 Å². The van der Waals surface area contributed by atoms with Crippen LogP contribution in [-0.4, -0.2) is 23.7 Å². The number of hydrogen-bond donors (Lipinski definition) is 1. The zero-order valence-corrected chi connectivity index (χ0v) is 19.9. The molecule has 4 nitrogen and oxygen atoms in total. The molecule has 5 rings (SSSR count). The van der Waals surface area contributed by atoms with Crippen LogP contribution in [0.4, 0.5) is 5.69 Å². The number of likely N-dealkylation sites (N-methyl/N-ethyl adjacent to an activating group) is 1. The van der Waals surface area contributed by atoms with Gasteiger partial charge in [-0.1, -0.05) is 97.9 Å². The smallest absolute Gasteiger partial charge is 0.101 e. The molecule has 4 heteroatoms. The molecule has 0 saturated carbocycles. The fourth-order valence-electron chi connectivity index (χ4n) is 4.77. The predicted octanol–water partition coefficient (Wildman–Crippen LogP) is 6.47. The second-order valence-electron chi connectivity index (χ2n) is 8.70. The van der Waals surface area contributed by atoms with Crippen molar-refractivity contribution in [2.45, 2.75) is 19.9 Å². The minimum absolute atomic E-state index is 0.616. The molecule has 0 atom stereocenters. The van der Waals surface area contributed by atoms with Crippen molar-refractivity contribution >= 4 is 11.4 Å². The van der Waals surface area contributed by atoms with E-state index in [1.807, 2.05) is 48.5 Å². The molecule has 0 aromatic heterocycles. The Morgan fingerprint density at radius 1 is 0.886 bits per heavy atom. The number of nitrogens with zero attached hydrogens (tertiary/aromatic N) is 3. The van der Waals surface area contributed by atoms with Crippen molar-refractivity contribution in [1.82, 2.24) is 4.90 Å². The van der Waals surface area contributed by atoms with Crippen molar-refractivity contribution in [2.24, 2.45) is 5.10 Å². The molecule has 172 valence electrons. The molecule has 0 fully saturated rings. The Bertz CT molecular complexity index is 1330. The van der Waals surface area contributed by atoms with Gasteiger partial charge in [-0.15, -0.1) is 0 Å². The molecule has 0 bridgehead atoms. The molecule has 0 unspecified atom stereocenters. The van der Waals surface area contributed by atoms with Gasteiger partial charge in [0, 0.05) is 24.2 Å². The SMILES string of the molecule is CCN1CCc2c(-c3ccccc3)cc(C#N)c(NN=C(c3ccccc3)c3ccccc3)c2C1. The van der Waals surface area contributed by atoms with Crippen LogP contribution < -0.4 is 5.43 Å². The van der Waals surface area contributed by atoms with Crippen molar-refractivity contribution in [1.29, 1.82) is 5.26 Å². The van der Waals surface area contributed by atoms with Gasteiger partial charge in [-0.2, -0.15) is 10.4 Å². The number of rotatable bonds is 6. The summed E-state index contributed by atoms with van der Waals surface area (Å²) in [6.07, 6.45) is 0.946. The second kappa shape index (κ2) is 10.4. The van der Waals surface area contributed by atoms with Crippen molar-refractivity contribution in [2.75, 3.05) is 18.5 Å². The third-order valence-electron chi connectivity index (χ3n) is 6.64. The van der Waals surface area contributed by atoms with E-state index >= 15 is 0 Å². The highest BCUT2D eigenvalue weighted by atomic mass is 15.3. The molecule has 4 aromatic rings. The highest BCUT2D eigenvalue weighted by molar-refractivity contribution is 6.13. The monoisotopic (exact) mass is 456 g/mol. The summed E-state index contributed by atoms with van der Waals surface area (Å²) in [6.45, 7) is 4.96. The molecule has 0 saturated heterocycles. The molecular formula is C31H28N4. The average molecular weight is 457 g/mol. The Kier molecular flexibility index (Phi) is 6.70. The number of benzene rings is 4. The summed E-state index contributed by atoms with van der Waals surface area (Å²) in [5, 5.41) is 15.1. The Hall–Kier alpha value is -4.20. The van der Waals surface area contributed by atoms with Gasteiger partial charge in [0.1, 0.15) is 6.07 Å². The average Bonchev–Trinajstić information content (AvgIpc) is 2.94. The molecular weight excluding hydrogens is 428 g/mol. The maximum atomic E-state index is 10.2. The topological polar surface area (TPSA) is 51.4 Å². The highest BCUT2D eigenvalue weighted by Crippen LogP contribution is 2.37. The van der Waals surface area contributed by atoms with E-state index in [4.69, 9.17) is 5.10 Å². The van der Waals surface area contributed by atoms with Crippen molar-refractivity contribution < 1.29 is 0 Å². The van der Waals surface area contributed by atoms with Crippen LogP contribution in [0.15, 0.2) is 102 Å². The van der Waals surface area contributed by atoms with Crippen molar-refractivity contribution in [3.05, 3.63) is 125 Å². The van der Waals surface area contributed by atoms with E-state index in [1.165, 1.54) is 11.1 Å². The molecule has 4 aromatic carbocycles. The number of nitriles is 1. The van der Waals surface area contributed by atoms with Gasteiger partial charge in [-0.3, -0.25) is 10.3 Å². The molecule has 0 radical (unpaired) electrons. The van der Waals surface area contributed by atoms with Crippen LogP contribution in [0, 0.1) is 11.3 Å². The van der Waals surface area contributed by atoms with Crippen LogP contribution in [0.25, 0.3) is 11.1 Å². The van der Waals surface area contributed by atoms with E-state index in [-0.39, 0.29) is 0 Å². The Balaban J connectivity index is 1.65. The summed E-state index contributed by atoms with van der Waals surface area (Å²) >= 11 is 0. The maximum absolute atomic E-state index is 10.2. The van der Waals surface area contributed by atoms with Crippen LogP contribution in [0.3, 0.4) is 0 Å². The third kappa shape index (κ3) is 4.73. The van der Waals surface area contributed by atoms with Gasteiger partial charge in [-0.05, 0) is 41.3 Å². The minimum atomic E-state index is 0.616. The quantitative estimate of drug-likeness (QED) is 0.267. The molecule has 1 heterocycles. The molecule has 0 amide bonds. The first-order valence-electron chi connectivity index (χ1n) is 12.1. The van der Waals surface area contributed by atoms with Crippen LogP contribution in [0.1, 0.15) is 34.7 Å². The zero-order valence-electron chi connectivity index (χ0n) is 19.9. The predicted molar refractivity (Wildman–Crippen MR) is 143 cm³/mol. The molecule has 35 heavy (non-hydrogen) atoms. The fourth-order valence-corrected chi connectivity index (χ4v) is 4.77. The van der Waals surface area contributed by atoms with E-state index in [0.717, 1.165) is 59.7 Å². The molecule has 1 aliphatic heterocycles. The second-order valence-corrected chi connectivity index (χ2v) is 8.70. The zero-order chi connectivity index (χ0) is 24.0. The van der Waals surface area contributed by atoms with Crippen LogP contribution >= 0.6 is 0 Å². The van der Waals surface area contributed by atoms with Gasteiger partial charge >= 0.3 is 0 Å². The summed E-state index contributed by atoms with van der Waals surface area (Å²) in [7, 11) is 0. The Morgan fingerprint density at radius 2 is 1.49 bits per heavy atom. The summed E-state index contributed by atoms with van der Waals surface area (Å²) in [6, 6.07) is 35.2. The van der Waals surface area contributed by atoms with Gasteiger partial charge in [0.15, 0.2) is 0 Å². The van der Waals surface area contributed by atoms with Crippen molar-refractivity contribution in [3.63, 3.8) is 0 Å². The van der Waals surface area contributed by atoms with E-state index in [1.54, 1.807) is 0 Å². The summed E-state index contributed by atoms with van der Waals surface area (Å²) in [5.74, 6) is 0. The fraction of sp³-hybridized carbons (Fsp3) is 0.161. The number of fused-ring (bicyclic) bond motifs is 1.